The second kappa shape index (κ2) is 5.16. The maximum absolute atomic E-state index is 5.53. The molecule has 0 aromatic heterocycles. The van der Waals surface area contributed by atoms with Gasteiger partial charge < -0.3 is 4.74 Å². The summed E-state index contributed by atoms with van der Waals surface area (Å²) in [6, 6.07) is 8.70. The Morgan fingerprint density at radius 2 is 1.50 bits per heavy atom. The van der Waals surface area contributed by atoms with Crippen LogP contribution in [0.25, 0.3) is 0 Å². The molecule has 1 aromatic rings. The van der Waals surface area contributed by atoms with Crippen molar-refractivity contribution in [2.75, 3.05) is 6.61 Å². The van der Waals surface area contributed by atoms with Crippen LogP contribution < -0.4 is 0 Å². The van der Waals surface area contributed by atoms with E-state index in [1.807, 2.05) is 6.92 Å². The standard InChI is InChI=1S/C13H20O/c1-5-14-11(4)13-8-6-12(7-9-13)10(2)3/h6-11H,5H2,1-4H3. The number of hydrogen-bond acceptors (Lipinski definition) is 1. The molecule has 1 nitrogen and oxygen atoms in total. The molecule has 1 atom stereocenters. The first-order valence-corrected chi connectivity index (χ1v) is 5.36. The van der Waals surface area contributed by atoms with Gasteiger partial charge in [-0.15, -0.1) is 0 Å². The number of benzene rings is 1. The minimum atomic E-state index is 0.209. The lowest BCUT2D eigenvalue weighted by Crippen LogP contribution is -1.99. The Morgan fingerprint density at radius 3 is 1.93 bits per heavy atom. The largest absolute Gasteiger partial charge is 0.374 e. The fourth-order valence-electron chi connectivity index (χ4n) is 1.50. The zero-order chi connectivity index (χ0) is 10.6. The van der Waals surface area contributed by atoms with Gasteiger partial charge >= 0.3 is 0 Å². The van der Waals surface area contributed by atoms with Crippen LogP contribution in [0.5, 0.6) is 0 Å². The van der Waals surface area contributed by atoms with Crippen LogP contribution in [0.15, 0.2) is 24.3 Å². The summed E-state index contributed by atoms with van der Waals surface area (Å²) in [5.41, 5.74) is 2.65. The van der Waals surface area contributed by atoms with E-state index in [9.17, 15) is 0 Å². The van der Waals surface area contributed by atoms with Gasteiger partial charge in [0.2, 0.25) is 0 Å². The summed E-state index contributed by atoms with van der Waals surface area (Å²) in [7, 11) is 0. The highest BCUT2D eigenvalue weighted by atomic mass is 16.5. The molecule has 0 saturated carbocycles. The number of ether oxygens (including phenoxy) is 1. The molecule has 0 heterocycles. The fourth-order valence-corrected chi connectivity index (χ4v) is 1.50. The van der Waals surface area contributed by atoms with E-state index in [2.05, 4.69) is 45.0 Å². The van der Waals surface area contributed by atoms with Gasteiger partial charge in [-0.25, -0.2) is 0 Å². The minimum Gasteiger partial charge on any atom is -0.374 e. The van der Waals surface area contributed by atoms with Crippen molar-refractivity contribution in [1.29, 1.82) is 0 Å². The Bertz CT molecular complexity index is 261. The molecule has 0 aliphatic heterocycles. The van der Waals surface area contributed by atoms with Crippen LogP contribution >= 0.6 is 0 Å². The summed E-state index contributed by atoms with van der Waals surface area (Å²) >= 11 is 0. The summed E-state index contributed by atoms with van der Waals surface area (Å²) in [6.45, 7) is 9.31. The van der Waals surface area contributed by atoms with Crippen LogP contribution in [0.1, 0.15) is 50.8 Å². The van der Waals surface area contributed by atoms with Gasteiger partial charge in [-0.3, -0.25) is 0 Å². The van der Waals surface area contributed by atoms with E-state index in [1.165, 1.54) is 11.1 Å². The zero-order valence-electron chi connectivity index (χ0n) is 9.58. The Kier molecular flexibility index (Phi) is 4.15. The van der Waals surface area contributed by atoms with Crippen molar-refractivity contribution in [1.82, 2.24) is 0 Å². The maximum atomic E-state index is 5.53. The Labute approximate surface area is 87.1 Å². The Balaban J connectivity index is 2.72. The lowest BCUT2D eigenvalue weighted by Gasteiger charge is -2.13. The summed E-state index contributed by atoms with van der Waals surface area (Å²) < 4.78 is 5.53. The van der Waals surface area contributed by atoms with Crippen molar-refractivity contribution in [2.24, 2.45) is 0 Å². The van der Waals surface area contributed by atoms with Crippen molar-refractivity contribution >= 4 is 0 Å². The van der Waals surface area contributed by atoms with Crippen LogP contribution in [-0.2, 0) is 4.74 Å². The highest BCUT2D eigenvalue weighted by molar-refractivity contribution is 5.25. The molecular formula is C13H20O. The predicted molar refractivity (Wildman–Crippen MR) is 60.6 cm³/mol. The first-order valence-electron chi connectivity index (χ1n) is 5.36. The molecule has 0 aliphatic carbocycles. The molecule has 0 aliphatic rings. The van der Waals surface area contributed by atoms with Gasteiger partial charge in [-0.2, -0.15) is 0 Å². The van der Waals surface area contributed by atoms with Gasteiger partial charge in [0.25, 0.3) is 0 Å². The summed E-state index contributed by atoms with van der Waals surface area (Å²) in [4.78, 5) is 0. The van der Waals surface area contributed by atoms with E-state index in [4.69, 9.17) is 4.74 Å². The molecular weight excluding hydrogens is 172 g/mol. The van der Waals surface area contributed by atoms with Crippen LogP contribution in [0.4, 0.5) is 0 Å². The molecule has 1 aromatic carbocycles. The monoisotopic (exact) mass is 192 g/mol. The van der Waals surface area contributed by atoms with Gasteiger partial charge in [0.05, 0.1) is 6.10 Å². The van der Waals surface area contributed by atoms with Gasteiger partial charge in [0.1, 0.15) is 0 Å². The van der Waals surface area contributed by atoms with Crippen molar-refractivity contribution in [3.05, 3.63) is 35.4 Å². The average Bonchev–Trinajstić information content (AvgIpc) is 2.18. The normalized spacial score (nSPS) is 13.2. The van der Waals surface area contributed by atoms with Gasteiger partial charge in [-0.1, -0.05) is 38.1 Å². The van der Waals surface area contributed by atoms with E-state index in [0.29, 0.717) is 5.92 Å². The van der Waals surface area contributed by atoms with Crippen molar-refractivity contribution < 1.29 is 4.74 Å². The molecule has 0 N–H and O–H groups in total. The quantitative estimate of drug-likeness (QED) is 0.702. The topological polar surface area (TPSA) is 9.23 Å². The SMILES string of the molecule is CCOC(C)c1ccc(C(C)C)cc1. The molecule has 78 valence electrons. The van der Waals surface area contributed by atoms with Crippen LogP contribution in [0.2, 0.25) is 0 Å². The summed E-state index contributed by atoms with van der Waals surface area (Å²) in [6.07, 6.45) is 0.209. The first-order chi connectivity index (χ1) is 6.65. The molecule has 0 fully saturated rings. The van der Waals surface area contributed by atoms with Gasteiger partial charge in [0.15, 0.2) is 0 Å². The van der Waals surface area contributed by atoms with Crippen LogP contribution in [0.3, 0.4) is 0 Å². The third-order valence-corrected chi connectivity index (χ3v) is 2.49. The van der Waals surface area contributed by atoms with Crippen molar-refractivity contribution in [2.45, 2.75) is 39.7 Å². The first kappa shape index (κ1) is 11.3. The molecule has 0 saturated heterocycles. The fraction of sp³-hybridized carbons (Fsp3) is 0.538. The Morgan fingerprint density at radius 1 is 1.00 bits per heavy atom. The van der Waals surface area contributed by atoms with E-state index < -0.39 is 0 Å². The van der Waals surface area contributed by atoms with E-state index in [1.54, 1.807) is 0 Å². The van der Waals surface area contributed by atoms with Crippen molar-refractivity contribution in [3.8, 4) is 0 Å². The van der Waals surface area contributed by atoms with Gasteiger partial charge in [0, 0.05) is 6.61 Å². The van der Waals surface area contributed by atoms with Crippen LogP contribution in [0, 0.1) is 0 Å². The summed E-state index contributed by atoms with van der Waals surface area (Å²) in [5.74, 6) is 0.603. The van der Waals surface area contributed by atoms with Crippen molar-refractivity contribution in [3.63, 3.8) is 0 Å². The third kappa shape index (κ3) is 2.85. The van der Waals surface area contributed by atoms with E-state index >= 15 is 0 Å². The average molecular weight is 192 g/mol. The van der Waals surface area contributed by atoms with Crippen LogP contribution in [-0.4, -0.2) is 6.61 Å². The van der Waals surface area contributed by atoms with E-state index in [0.717, 1.165) is 6.61 Å². The second-order valence-corrected chi connectivity index (χ2v) is 3.92. The smallest absolute Gasteiger partial charge is 0.0796 e. The molecule has 1 rings (SSSR count). The molecule has 0 bridgehead atoms. The summed E-state index contributed by atoms with van der Waals surface area (Å²) in [5, 5.41) is 0. The number of hydrogen-bond donors (Lipinski definition) is 0. The Hall–Kier alpha value is -0.820. The highest BCUT2D eigenvalue weighted by Gasteiger charge is 2.05. The molecule has 0 spiro atoms. The highest BCUT2D eigenvalue weighted by Crippen LogP contribution is 2.20. The maximum Gasteiger partial charge on any atom is 0.0796 e. The molecule has 0 amide bonds. The van der Waals surface area contributed by atoms with E-state index in [-0.39, 0.29) is 6.10 Å². The predicted octanol–water partition coefficient (Wildman–Crippen LogP) is 3.91. The second-order valence-electron chi connectivity index (χ2n) is 3.92. The zero-order valence-corrected chi connectivity index (χ0v) is 9.58. The van der Waals surface area contributed by atoms with Gasteiger partial charge in [-0.05, 0) is 30.9 Å². The molecule has 0 radical (unpaired) electrons. The number of rotatable bonds is 4. The lowest BCUT2D eigenvalue weighted by atomic mass is 10.0. The molecule has 14 heavy (non-hydrogen) atoms. The molecule has 1 heteroatoms. The minimum absolute atomic E-state index is 0.209. The lowest BCUT2D eigenvalue weighted by molar-refractivity contribution is 0.0764. The third-order valence-electron chi connectivity index (χ3n) is 2.49. The molecule has 1 unspecified atom stereocenters.